The van der Waals surface area contributed by atoms with Crippen LogP contribution in [0.5, 0.6) is 0 Å². The van der Waals surface area contributed by atoms with Crippen LogP contribution in [0.15, 0.2) is 0 Å². The molecule has 0 bridgehead atoms. The van der Waals surface area contributed by atoms with E-state index in [4.69, 9.17) is 0 Å². The third-order valence-electron chi connectivity index (χ3n) is 4.86. The number of hydrogen-bond donors (Lipinski definition) is 1. The Kier molecular flexibility index (Phi) is 1.59. The minimum absolute atomic E-state index is 0.0706. The van der Waals surface area contributed by atoms with Crippen LogP contribution >= 0.6 is 0 Å². The monoisotopic (exact) mass is 181 g/mol. The van der Waals surface area contributed by atoms with E-state index >= 15 is 0 Å². The molecule has 0 radical (unpaired) electrons. The first-order valence-electron chi connectivity index (χ1n) is 5.21. The summed E-state index contributed by atoms with van der Waals surface area (Å²) in [7, 11) is 0. The summed E-state index contributed by atoms with van der Waals surface area (Å²) < 4.78 is 0. The second kappa shape index (κ2) is 2.28. The van der Waals surface area contributed by atoms with Gasteiger partial charge in [0.05, 0.1) is 0 Å². The van der Waals surface area contributed by atoms with E-state index in [1.807, 2.05) is 0 Å². The zero-order chi connectivity index (χ0) is 9.85. The molecular formula is C11H19NO. The number of piperidine rings is 1. The molecule has 0 aromatic carbocycles. The average molecular weight is 181 g/mol. The van der Waals surface area contributed by atoms with Gasteiger partial charge in [0.2, 0.25) is 5.91 Å². The summed E-state index contributed by atoms with van der Waals surface area (Å²) >= 11 is 0. The van der Waals surface area contributed by atoms with E-state index in [-0.39, 0.29) is 11.4 Å². The van der Waals surface area contributed by atoms with Crippen LogP contribution in [-0.2, 0) is 4.79 Å². The molecular weight excluding hydrogens is 162 g/mol. The first-order chi connectivity index (χ1) is 5.90. The molecule has 1 saturated carbocycles. The molecule has 1 saturated heterocycles. The molecule has 1 aliphatic carbocycles. The molecule has 1 amide bonds. The van der Waals surface area contributed by atoms with Gasteiger partial charge in [-0.3, -0.25) is 4.79 Å². The second-order valence-electron chi connectivity index (χ2n) is 5.37. The van der Waals surface area contributed by atoms with E-state index in [1.165, 1.54) is 0 Å². The van der Waals surface area contributed by atoms with Gasteiger partial charge in [-0.1, -0.05) is 20.8 Å². The molecule has 2 heteroatoms. The Morgan fingerprint density at radius 3 is 2.38 bits per heavy atom. The quantitative estimate of drug-likeness (QED) is 0.608. The fourth-order valence-corrected chi connectivity index (χ4v) is 3.52. The third kappa shape index (κ3) is 0.866. The van der Waals surface area contributed by atoms with Gasteiger partial charge in [-0.25, -0.2) is 0 Å². The van der Waals surface area contributed by atoms with Crippen LogP contribution in [0.25, 0.3) is 0 Å². The molecule has 0 aromatic heterocycles. The van der Waals surface area contributed by atoms with Crippen molar-refractivity contribution < 1.29 is 4.79 Å². The van der Waals surface area contributed by atoms with Crippen LogP contribution in [0.4, 0.5) is 0 Å². The summed E-state index contributed by atoms with van der Waals surface area (Å²) in [6, 6.07) is 0. The molecule has 0 spiro atoms. The van der Waals surface area contributed by atoms with Crippen LogP contribution in [0, 0.1) is 17.3 Å². The van der Waals surface area contributed by atoms with Gasteiger partial charge < -0.3 is 5.32 Å². The van der Waals surface area contributed by atoms with Gasteiger partial charge in [0.1, 0.15) is 0 Å². The fourth-order valence-electron chi connectivity index (χ4n) is 3.52. The van der Waals surface area contributed by atoms with E-state index in [2.05, 4.69) is 33.0 Å². The van der Waals surface area contributed by atoms with Crippen molar-refractivity contribution >= 4 is 5.91 Å². The first kappa shape index (κ1) is 9.04. The van der Waals surface area contributed by atoms with Crippen molar-refractivity contribution in [2.45, 2.75) is 46.1 Å². The number of amides is 1. The Labute approximate surface area is 80.1 Å². The van der Waals surface area contributed by atoms with Gasteiger partial charge >= 0.3 is 0 Å². The largest absolute Gasteiger partial charge is 0.350 e. The first-order valence-corrected chi connectivity index (χ1v) is 5.21. The van der Waals surface area contributed by atoms with Crippen LogP contribution in [0.1, 0.15) is 40.5 Å². The van der Waals surface area contributed by atoms with Crippen LogP contribution in [0.2, 0.25) is 0 Å². The Hall–Kier alpha value is -0.530. The zero-order valence-corrected chi connectivity index (χ0v) is 8.98. The molecule has 4 unspecified atom stereocenters. The second-order valence-corrected chi connectivity index (χ2v) is 5.37. The van der Waals surface area contributed by atoms with E-state index in [9.17, 15) is 4.79 Å². The van der Waals surface area contributed by atoms with Crippen molar-refractivity contribution in [1.29, 1.82) is 0 Å². The van der Waals surface area contributed by atoms with Crippen LogP contribution < -0.4 is 5.32 Å². The smallest absolute Gasteiger partial charge is 0.220 e. The Morgan fingerprint density at radius 1 is 1.31 bits per heavy atom. The third-order valence-corrected chi connectivity index (χ3v) is 4.86. The SMILES string of the molecule is CC1CC(=O)NC2(C)CC(C)C12C. The maximum atomic E-state index is 11.4. The molecule has 1 aliphatic heterocycles. The van der Waals surface area contributed by atoms with Gasteiger partial charge in [0.25, 0.3) is 0 Å². The van der Waals surface area contributed by atoms with Crippen molar-refractivity contribution in [3.05, 3.63) is 0 Å². The fraction of sp³-hybridized carbons (Fsp3) is 0.909. The topological polar surface area (TPSA) is 29.1 Å². The number of rotatable bonds is 0. The number of carbonyl (C=O) groups excluding carboxylic acids is 1. The Morgan fingerprint density at radius 2 is 1.92 bits per heavy atom. The van der Waals surface area contributed by atoms with Crippen molar-refractivity contribution in [2.75, 3.05) is 0 Å². The normalized spacial score (nSPS) is 54.9. The lowest BCUT2D eigenvalue weighted by molar-refractivity contribution is -0.160. The molecule has 0 aromatic rings. The summed E-state index contributed by atoms with van der Waals surface area (Å²) in [4.78, 5) is 11.4. The number of hydrogen-bond acceptors (Lipinski definition) is 1. The Bertz CT molecular complexity index is 263. The summed E-state index contributed by atoms with van der Waals surface area (Å²) in [5, 5.41) is 3.15. The molecule has 2 rings (SSSR count). The van der Waals surface area contributed by atoms with E-state index in [0.717, 1.165) is 12.3 Å². The van der Waals surface area contributed by atoms with E-state index in [1.54, 1.807) is 0 Å². The van der Waals surface area contributed by atoms with Gasteiger partial charge in [-0.05, 0) is 30.6 Å². The van der Waals surface area contributed by atoms with Crippen molar-refractivity contribution in [2.24, 2.45) is 17.3 Å². The highest BCUT2D eigenvalue weighted by Gasteiger charge is 2.63. The summed E-state index contributed by atoms with van der Waals surface area (Å²) in [6.45, 7) is 9.04. The lowest BCUT2D eigenvalue weighted by Crippen LogP contribution is -2.73. The number of fused-ring (bicyclic) bond motifs is 1. The zero-order valence-electron chi connectivity index (χ0n) is 8.98. The Balaban J connectivity index is 2.32. The molecule has 2 aliphatic rings. The molecule has 2 fully saturated rings. The molecule has 13 heavy (non-hydrogen) atoms. The summed E-state index contributed by atoms with van der Waals surface area (Å²) in [5.41, 5.74) is 0.391. The average Bonchev–Trinajstić information content (AvgIpc) is 2.00. The lowest BCUT2D eigenvalue weighted by Gasteiger charge is -2.66. The molecule has 1 N–H and O–H groups in total. The van der Waals surface area contributed by atoms with Gasteiger partial charge in [-0.15, -0.1) is 0 Å². The minimum Gasteiger partial charge on any atom is -0.350 e. The van der Waals surface area contributed by atoms with Crippen molar-refractivity contribution in [3.63, 3.8) is 0 Å². The highest BCUT2D eigenvalue weighted by molar-refractivity contribution is 5.79. The van der Waals surface area contributed by atoms with E-state index < -0.39 is 0 Å². The van der Waals surface area contributed by atoms with Gasteiger partial charge in [0.15, 0.2) is 0 Å². The van der Waals surface area contributed by atoms with Gasteiger partial charge in [0, 0.05) is 12.0 Å². The standard InChI is InChI=1S/C11H19NO/c1-7-5-9(13)12-10(3)6-8(2)11(7,10)4/h7-8H,5-6H2,1-4H3,(H,12,13). The molecule has 4 atom stereocenters. The summed E-state index contributed by atoms with van der Waals surface area (Å²) in [6.07, 6.45) is 1.84. The maximum Gasteiger partial charge on any atom is 0.220 e. The molecule has 2 nitrogen and oxygen atoms in total. The minimum atomic E-state index is 0.0706. The summed E-state index contributed by atoms with van der Waals surface area (Å²) in [5.74, 6) is 1.50. The maximum absolute atomic E-state index is 11.4. The number of carbonyl (C=O) groups is 1. The van der Waals surface area contributed by atoms with Gasteiger partial charge in [-0.2, -0.15) is 0 Å². The van der Waals surface area contributed by atoms with Crippen LogP contribution in [-0.4, -0.2) is 11.4 Å². The van der Waals surface area contributed by atoms with E-state index in [0.29, 0.717) is 17.8 Å². The highest BCUT2D eigenvalue weighted by atomic mass is 16.1. The molecule has 1 heterocycles. The predicted molar refractivity (Wildman–Crippen MR) is 52.2 cm³/mol. The van der Waals surface area contributed by atoms with Crippen molar-refractivity contribution in [3.8, 4) is 0 Å². The molecule has 74 valence electrons. The van der Waals surface area contributed by atoms with Crippen molar-refractivity contribution in [1.82, 2.24) is 5.32 Å². The lowest BCUT2D eigenvalue weighted by atomic mass is 9.44. The number of nitrogens with one attached hydrogen (secondary N) is 1. The predicted octanol–water partition coefficient (Wildman–Crippen LogP) is 1.95. The highest BCUT2D eigenvalue weighted by Crippen LogP contribution is 2.60. The van der Waals surface area contributed by atoms with Crippen LogP contribution in [0.3, 0.4) is 0 Å².